The van der Waals surface area contributed by atoms with Crippen LogP contribution < -0.4 is 5.32 Å². The maximum absolute atomic E-state index is 12.5. The lowest BCUT2D eigenvalue weighted by atomic mass is 10.1. The molecule has 3 aromatic rings. The third-order valence-electron chi connectivity index (χ3n) is 4.38. The summed E-state index contributed by atoms with van der Waals surface area (Å²) in [5, 5.41) is 2.87. The fourth-order valence-electron chi connectivity index (χ4n) is 3.04. The van der Waals surface area contributed by atoms with Crippen LogP contribution in [0.4, 0.5) is 0 Å². The number of benzene rings is 1. The number of nitrogens with one attached hydrogen (secondary N) is 3. The highest BCUT2D eigenvalue weighted by Crippen LogP contribution is 2.20. The number of nitrogens with zero attached hydrogens (tertiary/aromatic N) is 1. The van der Waals surface area contributed by atoms with Crippen molar-refractivity contribution in [3.8, 4) is 0 Å². The molecule has 0 radical (unpaired) electrons. The van der Waals surface area contributed by atoms with Crippen LogP contribution in [0.15, 0.2) is 24.3 Å². The van der Waals surface area contributed by atoms with Crippen molar-refractivity contribution in [1.82, 2.24) is 20.3 Å². The number of ether oxygens (including phenoxy) is 1. The van der Waals surface area contributed by atoms with Gasteiger partial charge in [0.25, 0.3) is 5.91 Å². The Morgan fingerprint density at radius 3 is 2.69 bits per heavy atom. The van der Waals surface area contributed by atoms with Gasteiger partial charge in [0.05, 0.1) is 23.7 Å². The number of H-pyrrole nitrogens is 2. The SMILES string of the molecule is CCc1[nH]c(C(=O)NCCc2nc3ccccc3[nH]2)c(C)c1C(=O)OC. The van der Waals surface area contributed by atoms with Crippen LogP contribution in [0.25, 0.3) is 11.0 Å². The second-order valence-electron chi connectivity index (χ2n) is 6.03. The molecule has 7 nitrogen and oxygen atoms in total. The lowest BCUT2D eigenvalue weighted by Crippen LogP contribution is -2.27. The summed E-state index contributed by atoms with van der Waals surface area (Å²) < 4.78 is 4.82. The van der Waals surface area contributed by atoms with Crippen LogP contribution in [0.5, 0.6) is 0 Å². The number of hydrogen-bond acceptors (Lipinski definition) is 4. The van der Waals surface area contributed by atoms with Gasteiger partial charge in [0.1, 0.15) is 11.5 Å². The molecule has 0 spiro atoms. The fourth-order valence-corrected chi connectivity index (χ4v) is 3.04. The van der Waals surface area contributed by atoms with E-state index in [1.54, 1.807) is 6.92 Å². The molecule has 0 unspecified atom stereocenters. The number of aromatic amines is 2. The molecule has 136 valence electrons. The van der Waals surface area contributed by atoms with Gasteiger partial charge in [-0.3, -0.25) is 4.79 Å². The van der Waals surface area contributed by atoms with Gasteiger partial charge in [0.2, 0.25) is 0 Å². The minimum absolute atomic E-state index is 0.247. The Labute approximate surface area is 151 Å². The molecular weight excluding hydrogens is 332 g/mol. The number of methoxy groups -OCH3 is 1. The Morgan fingerprint density at radius 2 is 2.00 bits per heavy atom. The molecule has 0 saturated carbocycles. The van der Waals surface area contributed by atoms with Gasteiger partial charge in [-0.05, 0) is 31.0 Å². The summed E-state index contributed by atoms with van der Waals surface area (Å²) in [5.41, 5.74) is 4.03. The van der Waals surface area contributed by atoms with Gasteiger partial charge >= 0.3 is 5.97 Å². The van der Waals surface area contributed by atoms with E-state index in [2.05, 4.69) is 20.3 Å². The first-order valence-corrected chi connectivity index (χ1v) is 8.56. The van der Waals surface area contributed by atoms with E-state index in [0.717, 1.165) is 16.9 Å². The van der Waals surface area contributed by atoms with Crippen molar-refractivity contribution in [1.29, 1.82) is 0 Å². The molecule has 0 aliphatic carbocycles. The van der Waals surface area contributed by atoms with Crippen molar-refractivity contribution in [2.24, 2.45) is 0 Å². The molecule has 0 fully saturated rings. The number of esters is 1. The smallest absolute Gasteiger partial charge is 0.339 e. The van der Waals surface area contributed by atoms with Crippen molar-refractivity contribution in [2.45, 2.75) is 26.7 Å². The number of carbonyl (C=O) groups excluding carboxylic acids is 2. The summed E-state index contributed by atoms with van der Waals surface area (Å²) in [6.45, 7) is 4.10. The van der Waals surface area contributed by atoms with E-state index in [-0.39, 0.29) is 5.91 Å². The molecule has 2 heterocycles. The van der Waals surface area contributed by atoms with Crippen molar-refractivity contribution >= 4 is 22.9 Å². The number of carbonyl (C=O) groups is 2. The molecule has 0 aliphatic rings. The number of aryl methyl sites for hydroxylation is 1. The van der Waals surface area contributed by atoms with Crippen molar-refractivity contribution in [3.05, 3.63) is 52.6 Å². The van der Waals surface area contributed by atoms with E-state index >= 15 is 0 Å². The Balaban J connectivity index is 1.68. The van der Waals surface area contributed by atoms with Crippen LogP contribution in [0.3, 0.4) is 0 Å². The molecule has 1 amide bonds. The Bertz CT molecular complexity index is 922. The first-order valence-electron chi connectivity index (χ1n) is 8.56. The van der Waals surface area contributed by atoms with Crippen molar-refractivity contribution < 1.29 is 14.3 Å². The van der Waals surface area contributed by atoms with Crippen LogP contribution in [-0.4, -0.2) is 40.5 Å². The van der Waals surface area contributed by atoms with Gasteiger partial charge in [-0.15, -0.1) is 0 Å². The van der Waals surface area contributed by atoms with Crippen molar-refractivity contribution in [2.75, 3.05) is 13.7 Å². The Morgan fingerprint density at radius 1 is 1.23 bits per heavy atom. The molecule has 0 bridgehead atoms. The summed E-state index contributed by atoms with van der Waals surface area (Å²) in [6.07, 6.45) is 1.20. The zero-order valence-corrected chi connectivity index (χ0v) is 15.1. The molecular formula is C19H22N4O3. The predicted octanol–water partition coefficient (Wildman–Crippen LogP) is 2.52. The average Bonchev–Trinajstić information content (AvgIpc) is 3.21. The van der Waals surface area contributed by atoms with Gasteiger partial charge in [0.15, 0.2) is 0 Å². The van der Waals surface area contributed by atoms with Gasteiger partial charge < -0.3 is 20.0 Å². The molecule has 0 saturated heterocycles. The summed E-state index contributed by atoms with van der Waals surface area (Å²) >= 11 is 0. The summed E-state index contributed by atoms with van der Waals surface area (Å²) in [5.74, 6) is 0.139. The molecule has 26 heavy (non-hydrogen) atoms. The normalized spacial score (nSPS) is 10.9. The van der Waals surface area contributed by atoms with Crippen LogP contribution in [0, 0.1) is 6.92 Å². The lowest BCUT2D eigenvalue weighted by molar-refractivity contribution is 0.0599. The van der Waals surface area contributed by atoms with E-state index in [0.29, 0.717) is 41.9 Å². The first-order chi connectivity index (χ1) is 12.5. The quantitative estimate of drug-likeness (QED) is 0.592. The highest BCUT2D eigenvalue weighted by molar-refractivity contribution is 6.00. The number of hydrogen-bond donors (Lipinski definition) is 3. The molecule has 1 aromatic carbocycles. The van der Waals surface area contributed by atoms with E-state index in [1.165, 1.54) is 7.11 Å². The third-order valence-corrected chi connectivity index (χ3v) is 4.38. The zero-order valence-electron chi connectivity index (χ0n) is 15.1. The van der Waals surface area contributed by atoms with Crippen LogP contribution in [0.2, 0.25) is 0 Å². The summed E-state index contributed by atoms with van der Waals surface area (Å²) in [6, 6.07) is 7.79. The molecule has 3 rings (SSSR count). The topological polar surface area (TPSA) is 99.9 Å². The van der Waals surface area contributed by atoms with Crippen LogP contribution >= 0.6 is 0 Å². The average molecular weight is 354 g/mol. The Kier molecular flexibility index (Phi) is 5.06. The highest BCUT2D eigenvalue weighted by Gasteiger charge is 2.23. The fraction of sp³-hybridized carbons (Fsp3) is 0.316. The number of fused-ring (bicyclic) bond motifs is 1. The lowest BCUT2D eigenvalue weighted by Gasteiger charge is -2.04. The van der Waals surface area contributed by atoms with Crippen LogP contribution in [0.1, 0.15) is 44.9 Å². The minimum atomic E-state index is -0.433. The summed E-state index contributed by atoms with van der Waals surface area (Å²) in [7, 11) is 1.33. The van der Waals surface area contributed by atoms with E-state index in [1.807, 2.05) is 31.2 Å². The monoisotopic (exact) mass is 354 g/mol. The van der Waals surface area contributed by atoms with Crippen molar-refractivity contribution in [3.63, 3.8) is 0 Å². The maximum Gasteiger partial charge on any atom is 0.339 e. The molecule has 0 atom stereocenters. The predicted molar refractivity (Wildman–Crippen MR) is 98.4 cm³/mol. The highest BCUT2D eigenvalue weighted by atomic mass is 16.5. The van der Waals surface area contributed by atoms with Gasteiger partial charge in [0, 0.05) is 18.7 Å². The van der Waals surface area contributed by atoms with Gasteiger partial charge in [-0.25, -0.2) is 9.78 Å². The van der Waals surface area contributed by atoms with Gasteiger partial charge in [-0.1, -0.05) is 19.1 Å². The molecule has 3 N–H and O–H groups in total. The van der Waals surface area contributed by atoms with Crippen LogP contribution in [-0.2, 0) is 17.6 Å². The first kappa shape index (κ1) is 17.7. The second kappa shape index (κ2) is 7.43. The number of aromatic nitrogens is 3. The largest absolute Gasteiger partial charge is 0.465 e. The molecule has 2 aromatic heterocycles. The molecule has 7 heteroatoms. The molecule has 0 aliphatic heterocycles. The number of amides is 1. The third kappa shape index (κ3) is 3.33. The van der Waals surface area contributed by atoms with E-state index in [9.17, 15) is 9.59 Å². The number of rotatable bonds is 6. The second-order valence-corrected chi connectivity index (χ2v) is 6.03. The van der Waals surface area contributed by atoms with E-state index < -0.39 is 5.97 Å². The summed E-state index contributed by atoms with van der Waals surface area (Å²) in [4.78, 5) is 35.2. The minimum Gasteiger partial charge on any atom is -0.465 e. The zero-order chi connectivity index (χ0) is 18.7. The van der Waals surface area contributed by atoms with E-state index in [4.69, 9.17) is 4.74 Å². The standard InChI is InChI=1S/C19H22N4O3/c1-4-12-16(19(25)26-3)11(2)17(23-12)18(24)20-10-9-15-21-13-7-5-6-8-14(13)22-15/h5-8,23H,4,9-10H2,1-3H3,(H,20,24)(H,21,22). The number of para-hydroxylation sites is 2. The Hall–Kier alpha value is -3.09. The maximum atomic E-state index is 12.5. The van der Waals surface area contributed by atoms with Gasteiger partial charge in [-0.2, -0.15) is 0 Å². The number of imidazole rings is 1.